The largest absolute Gasteiger partial charge is 0.475 e. The smallest absolute Gasteiger partial charge is 0.422 e. The maximum Gasteiger partial charge on any atom is 0.422 e. The van der Waals surface area contributed by atoms with Gasteiger partial charge in [0.15, 0.2) is 6.61 Å². The summed E-state index contributed by atoms with van der Waals surface area (Å²) >= 11 is 9.53. The van der Waals surface area contributed by atoms with Crippen LogP contribution in [0.25, 0.3) is 0 Å². The Morgan fingerprint density at radius 3 is 1.20 bits per heavy atom. The van der Waals surface area contributed by atoms with E-state index in [1.807, 2.05) is 0 Å². The van der Waals surface area contributed by atoms with Crippen molar-refractivity contribution < 1.29 is 50.9 Å². The van der Waals surface area contributed by atoms with Crippen LogP contribution in [0.2, 0.25) is 0 Å². The molecule has 0 amide bonds. The van der Waals surface area contributed by atoms with Gasteiger partial charge in [-0.3, -0.25) is 0 Å². The van der Waals surface area contributed by atoms with Gasteiger partial charge in [0.05, 0.1) is 18.6 Å². The van der Waals surface area contributed by atoms with Crippen LogP contribution < -0.4 is 9.47 Å². The molecule has 2 rings (SSSR count). The van der Waals surface area contributed by atoms with Crippen molar-refractivity contribution in [2.45, 2.75) is 174 Å². The fourth-order valence-corrected chi connectivity index (χ4v) is 5.47. The van der Waals surface area contributed by atoms with Gasteiger partial charge >= 0.3 is 18.1 Å². The molecule has 0 radical (unpaired) electrons. The zero-order chi connectivity index (χ0) is 40.1. The van der Waals surface area contributed by atoms with E-state index in [-0.39, 0.29) is 22.8 Å². The first-order valence-electron chi connectivity index (χ1n) is 20.1. The molecule has 1 N–H and O–H groups in total. The van der Waals surface area contributed by atoms with E-state index in [9.17, 15) is 22.8 Å². The average Bonchev–Trinajstić information content (AvgIpc) is 3.82. The second-order valence-corrected chi connectivity index (χ2v) is 14.1. The summed E-state index contributed by atoms with van der Waals surface area (Å²) in [6.07, 6.45) is 26.1. The highest BCUT2D eigenvalue weighted by atomic mass is 35.5. The molecule has 0 fully saturated rings. The van der Waals surface area contributed by atoms with E-state index in [0.717, 1.165) is 32.1 Å². The summed E-state index contributed by atoms with van der Waals surface area (Å²) in [5, 5.41) is 8.93. The molecule has 0 aliphatic carbocycles. The van der Waals surface area contributed by atoms with Crippen LogP contribution in [0.5, 0.6) is 11.9 Å². The van der Waals surface area contributed by atoms with Crippen LogP contribution in [0, 0.1) is 0 Å². The van der Waals surface area contributed by atoms with Gasteiger partial charge in [0.2, 0.25) is 11.5 Å². The Kier molecular flexibility index (Phi) is 34.4. The first-order chi connectivity index (χ1) is 26.1. The molecule has 0 saturated heterocycles. The van der Waals surface area contributed by atoms with Gasteiger partial charge in [-0.05, 0) is 25.0 Å². The summed E-state index contributed by atoms with van der Waals surface area (Å²) in [5.74, 6) is -2.18. The van der Waals surface area contributed by atoms with Gasteiger partial charge in [0.25, 0.3) is 11.9 Å². The molecule has 0 aliphatic heterocycles. The summed E-state index contributed by atoms with van der Waals surface area (Å²) in [4.78, 5) is 22.1. The van der Waals surface area contributed by atoms with Crippen molar-refractivity contribution >= 4 is 35.1 Å². The van der Waals surface area contributed by atoms with Crippen LogP contribution in [-0.4, -0.2) is 48.4 Å². The number of esters is 1. The van der Waals surface area contributed by atoms with E-state index in [1.54, 1.807) is 6.07 Å². The van der Waals surface area contributed by atoms with Crippen LogP contribution in [0.15, 0.2) is 33.1 Å². The normalized spacial score (nSPS) is 10.9. The van der Waals surface area contributed by atoms with E-state index < -0.39 is 24.7 Å². The van der Waals surface area contributed by atoms with Crippen molar-refractivity contribution in [1.82, 2.24) is 0 Å². The summed E-state index contributed by atoms with van der Waals surface area (Å²) in [7, 11) is 0. The van der Waals surface area contributed by atoms with Crippen molar-refractivity contribution in [2.75, 3.05) is 25.2 Å². The Morgan fingerprint density at radius 2 is 0.889 bits per heavy atom. The molecule has 0 bridgehead atoms. The fourth-order valence-electron chi connectivity index (χ4n) is 5.47. The van der Waals surface area contributed by atoms with Crippen molar-refractivity contribution in [3.63, 3.8) is 0 Å². The minimum atomic E-state index is -4.56. The molecule has 8 nitrogen and oxygen atoms in total. The molecular formula is C41H67Cl2F3O8. The Bertz CT molecular complexity index is 1140. The second kappa shape index (κ2) is 36.1. The third-order valence-electron chi connectivity index (χ3n) is 8.43. The predicted octanol–water partition coefficient (Wildman–Crippen LogP) is 14.6. The van der Waals surface area contributed by atoms with Crippen molar-refractivity contribution in [2.24, 2.45) is 0 Å². The number of ether oxygens (including phenoxy) is 3. The second-order valence-electron chi connectivity index (χ2n) is 13.3. The zero-order valence-corrected chi connectivity index (χ0v) is 34.3. The summed E-state index contributed by atoms with van der Waals surface area (Å²) < 4.78 is 61.0. The highest BCUT2D eigenvalue weighted by molar-refractivity contribution is 6.40. The Balaban J connectivity index is 0.000000985. The van der Waals surface area contributed by atoms with E-state index in [0.29, 0.717) is 19.2 Å². The molecule has 0 unspecified atom stereocenters. The number of halogens is 5. The lowest BCUT2D eigenvalue weighted by Crippen LogP contribution is -2.20. The molecule has 314 valence electrons. The molecule has 0 atom stereocenters. The van der Waals surface area contributed by atoms with Crippen LogP contribution in [0.1, 0.15) is 189 Å². The number of hydrogen-bond donors (Lipinski definition) is 1. The van der Waals surface area contributed by atoms with Gasteiger partial charge < -0.3 is 28.2 Å². The molecular weight excluding hydrogens is 748 g/mol. The van der Waals surface area contributed by atoms with Gasteiger partial charge in [0.1, 0.15) is 0 Å². The Hall–Kier alpha value is -2.53. The number of rotatable bonds is 31. The van der Waals surface area contributed by atoms with Crippen molar-refractivity contribution in [3.8, 4) is 11.9 Å². The molecule has 0 aromatic carbocycles. The van der Waals surface area contributed by atoms with E-state index >= 15 is 0 Å². The number of carbonyl (C=O) groups excluding carboxylic acids is 1. The van der Waals surface area contributed by atoms with E-state index in [2.05, 4.69) is 18.6 Å². The van der Waals surface area contributed by atoms with Crippen LogP contribution in [0.4, 0.5) is 13.2 Å². The highest BCUT2D eigenvalue weighted by Gasteiger charge is 2.30. The number of carboxylic acid groups (broad SMARTS) is 1. The van der Waals surface area contributed by atoms with Gasteiger partial charge in [-0.15, -0.1) is 23.2 Å². The average molecular weight is 816 g/mol. The van der Waals surface area contributed by atoms with Gasteiger partial charge in [-0.2, -0.15) is 13.2 Å². The first-order valence-corrected chi connectivity index (χ1v) is 21.2. The number of carbonyl (C=O) groups is 2. The number of unbranched alkanes of at least 4 members (excludes halogenated alkanes) is 22. The summed E-state index contributed by atoms with van der Waals surface area (Å²) in [6, 6.07) is 5.63. The van der Waals surface area contributed by atoms with Gasteiger partial charge in [-0.25, -0.2) is 9.59 Å². The fraction of sp³-hybridized carbons (Fsp3) is 0.756. The monoisotopic (exact) mass is 814 g/mol. The number of hydrogen-bond acceptors (Lipinski definition) is 7. The van der Waals surface area contributed by atoms with E-state index in [1.165, 1.54) is 140 Å². The third-order valence-corrected chi connectivity index (χ3v) is 8.43. The molecule has 0 aliphatic rings. The summed E-state index contributed by atoms with van der Waals surface area (Å²) in [6.45, 7) is 3.89. The molecule has 13 heteroatoms. The predicted molar refractivity (Wildman–Crippen MR) is 210 cm³/mol. The van der Waals surface area contributed by atoms with Gasteiger partial charge in [0, 0.05) is 12.1 Å². The van der Waals surface area contributed by atoms with Crippen LogP contribution in [-0.2, 0) is 4.74 Å². The van der Waals surface area contributed by atoms with Crippen LogP contribution >= 0.6 is 23.2 Å². The minimum Gasteiger partial charge on any atom is -0.475 e. The van der Waals surface area contributed by atoms with Gasteiger partial charge in [-0.1, -0.05) is 155 Å². The lowest BCUT2D eigenvalue weighted by Gasteiger charge is -2.06. The third kappa shape index (κ3) is 32.9. The molecule has 0 saturated carbocycles. The summed E-state index contributed by atoms with van der Waals surface area (Å²) in [5.41, 5.74) is 0. The maximum atomic E-state index is 12.0. The number of carboxylic acids is 1. The SMILES string of the molecule is CCCCCCCCCCCCCCOc1ccc(C(=O)O)o1.CCCCCCCCCCCCCCOc1ccc(C(=O)OCC(F)(F)F)o1.ClCCl. The molecule has 54 heavy (non-hydrogen) atoms. The quantitative estimate of drug-likeness (QED) is 0.0455. The standard InChI is InChI=1S/C21H33F3O4.C19H32O4.CH2Cl2/c1-2-3-4-5-6-7-8-9-10-11-12-13-16-26-19-15-14-18(28-19)20(25)27-17-21(22,23)24;1-2-3-4-5-6-7-8-9-10-11-12-13-16-22-18-15-14-17(23-18)19(20)21;2-1-3/h14-15H,2-13,16-17H2,1H3;14-15H,2-13,16H2,1H3,(H,20,21);1H2. The first kappa shape index (κ1) is 51.5. The van der Waals surface area contributed by atoms with Crippen molar-refractivity contribution in [1.29, 1.82) is 0 Å². The molecule has 2 aromatic rings. The molecule has 0 spiro atoms. The lowest BCUT2D eigenvalue weighted by atomic mass is 10.1. The lowest BCUT2D eigenvalue weighted by molar-refractivity contribution is -0.161. The minimum absolute atomic E-state index is 0.0744. The highest BCUT2D eigenvalue weighted by Crippen LogP contribution is 2.21. The maximum absolute atomic E-state index is 12.0. The molecule has 2 heterocycles. The topological polar surface area (TPSA) is 108 Å². The number of furan rings is 2. The number of alkyl halides is 5. The Labute approximate surface area is 332 Å². The van der Waals surface area contributed by atoms with Crippen molar-refractivity contribution in [3.05, 3.63) is 35.8 Å². The van der Waals surface area contributed by atoms with Crippen LogP contribution in [0.3, 0.4) is 0 Å². The Morgan fingerprint density at radius 1 is 0.574 bits per heavy atom. The molecule has 2 aromatic heterocycles. The zero-order valence-electron chi connectivity index (χ0n) is 32.8. The number of aromatic carboxylic acids is 1. The van der Waals surface area contributed by atoms with E-state index in [4.69, 9.17) is 46.6 Å².